The standard InChI is InChI=1S/C19H23NO/c1-5-20(18-12-14(2)10-11-16(18)4)19(21)13-17-9-7-6-8-15(17)3/h6-12H,5,13H2,1-4H3. The van der Waals surface area contributed by atoms with Crippen LogP contribution in [0.5, 0.6) is 0 Å². The summed E-state index contributed by atoms with van der Waals surface area (Å²) >= 11 is 0. The Hall–Kier alpha value is -2.09. The van der Waals surface area contributed by atoms with Gasteiger partial charge in [0.05, 0.1) is 6.42 Å². The molecule has 0 heterocycles. The maximum atomic E-state index is 12.7. The molecule has 2 rings (SSSR count). The van der Waals surface area contributed by atoms with Crippen molar-refractivity contribution in [3.63, 3.8) is 0 Å². The molecule has 0 aliphatic rings. The number of hydrogen-bond acceptors (Lipinski definition) is 1. The minimum Gasteiger partial charge on any atom is -0.312 e. The lowest BCUT2D eigenvalue weighted by molar-refractivity contribution is -0.117. The van der Waals surface area contributed by atoms with Crippen LogP contribution in [0.1, 0.15) is 29.2 Å². The number of carbonyl (C=O) groups is 1. The molecular formula is C19H23NO. The molecule has 2 aromatic carbocycles. The van der Waals surface area contributed by atoms with Crippen LogP contribution in [0.15, 0.2) is 42.5 Å². The molecule has 0 aliphatic heterocycles. The number of hydrogen-bond donors (Lipinski definition) is 0. The van der Waals surface area contributed by atoms with E-state index in [0.717, 1.165) is 16.8 Å². The Balaban J connectivity index is 2.27. The van der Waals surface area contributed by atoms with Crippen molar-refractivity contribution >= 4 is 11.6 Å². The fourth-order valence-electron chi connectivity index (χ4n) is 2.56. The van der Waals surface area contributed by atoms with Crippen LogP contribution in [0.25, 0.3) is 0 Å². The van der Waals surface area contributed by atoms with Crippen LogP contribution in [0, 0.1) is 20.8 Å². The summed E-state index contributed by atoms with van der Waals surface area (Å²) in [5.74, 6) is 0.153. The number of benzene rings is 2. The van der Waals surface area contributed by atoms with Gasteiger partial charge in [-0.05, 0) is 56.0 Å². The molecule has 0 atom stereocenters. The van der Waals surface area contributed by atoms with Gasteiger partial charge in [-0.2, -0.15) is 0 Å². The van der Waals surface area contributed by atoms with E-state index in [1.165, 1.54) is 11.1 Å². The van der Waals surface area contributed by atoms with Gasteiger partial charge in [0.2, 0.25) is 5.91 Å². The maximum Gasteiger partial charge on any atom is 0.231 e. The molecule has 2 nitrogen and oxygen atoms in total. The minimum absolute atomic E-state index is 0.153. The third kappa shape index (κ3) is 3.52. The van der Waals surface area contributed by atoms with E-state index in [1.54, 1.807) is 0 Å². The lowest BCUT2D eigenvalue weighted by Gasteiger charge is -2.24. The van der Waals surface area contributed by atoms with Gasteiger partial charge in [-0.25, -0.2) is 0 Å². The fourth-order valence-corrected chi connectivity index (χ4v) is 2.56. The minimum atomic E-state index is 0.153. The number of amides is 1. The zero-order valence-corrected chi connectivity index (χ0v) is 13.3. The lowest BCUT2D eigenvalue weighted by atomic mass is 10.0. The fraction of sp³-hybridized carbons (Fsp3) is 0.316. The molecule has 0 unspecified atom stereocenters. The summed E-state index contributed by atoms with van der Waals surface area (Å²) in [7, 11) is 0. The Labute approximate surface area is 127 Å². The van der Waals surface area contributed by atoms with Crippen molar-refractivity contribution < 1.29 is 4.79 Å². The van der Waals surface area contributed by atoms with Crippen molar-refractivity contribution in [2.75, 3.05) is 11.4 Å². The van der Waals surface area contributed by atoms with Gasteiger partial charge in [0.1, 0.15) is 0 Å². The van der Waals surface area contributed by atoms with Crippen molar-refractivity contribution in [2.45, 2.75) is 34.1 Å². The van der Waals surface area contributed by atoms with Crippen LogP contribution in [-0.2, 0) is 11.2 Å². The highest BCUT2D eigenvalue weighted by Gasteiger charge is 2.17. The summed E-state index contributed by atoms with van der Waals surface area (Å²) in [4.78, 5) is 14.6. The van der Waals surface area contributed by atoms with E-state index in [0.29, 0.717) is 13.0 Å². The predicted octanol–water partition coefficient (Wildman–Crippen LogP) is 4.21. The number of aryl methyl sites for hydroxylation is 3. The van der Waals surface area contributed by atoms with Crippen LogP contribution in [-0.4, -0.2) is 12.5 Å². The van der Waals surface area contributed by atoms with E-state index in [1.807, 2.05) is 30.0 Å². The molecule has 0 fully saturated rings. The molecule has 0 aromatic heterocycles. The van der Waals surface area contributed by atoms with Gasteiger partial charge in [0, 0.05) is 12.2 Å². The van der Waals surface area contributed by atoms with E-state index < -0.39 is 0 Å². The second-order valence-corrected chi connectivity index (χ2v) is 5.53. The zero-order valence-electron chi connectivity index (χ0n) is 13.3. The molecule has 0 radical (unpaired) electrons. The number of rotatable bonds is 4. The molecular weight excluding hydrogens is 258 g/mol. The van der Waals surface area contributed by atoms with Gasteiger partial charge < -0.3 is 4.90 Å². The SMILES string of the molecule is CCN(C(=O)Cc1ccccc1C)c1cc(C)ccc1C. The first-order valence-electron chi connectivity index (χ1n) is 7.45. The first-order chi connectivity index (χ1) is 10.0. The third-order valence-corrected chi connectivity index (χ3v) is 3.88. The molecule has 2 aromatic rings. The van der Waals surface area contributed by atoms with E-state index in [9.17, 15) is 4.79 Å². The maximum absolute atomic E-state index is 12.7. The number of likely N-dealkylation sites (N-methyl/N-ethyl adjacent to an activating group) is 1. The van der Waals surface area contributed by atoms with Gasteiger partial charge in [-0.1, -0.05) is 36.4 Å². The van der Waals surface area contributed by atoms with E-state index >= 15 is 0 Å². The molecule has 0 N–H and O–H groups in total. The highest BCUT2D eigenvalue weighted by Crippen LogP contribution is 2.22. The highest BCUT2D eigenvalue weighted by atomic mass is 16.2. The average Bonchev–Trinajstić information content (AvgIpc) is 2.46. The summed E-state index contributed by atoms with van der Waals surface area (Å²) in [5, 5.41) is 0. The number of nitrogens with zero attached hydrogens (tertiary/aromatic N) is 1. The van der Waals surface area contributed by atoms with Crippen molar-refractivity contribution in [3.8, 4) is 0 Å². The molecule has 0 saturated heterocycles. The smallest absolute Gasteiger partial charge is 0.231 e. The predicted molar refractivity (Wildman–Crippen MR) is 88.8 cm³/mol. The van der Waals surface area contributed by atoms with Crippen LogP contribution in [0.3, 0.4) is 0 Å². The van der Waals surface area contributed by atoms with Crippen LogP contribution < -0.4 is 4.90 Å². The number of anilines is 1. The first-order valence-corrected chi connectivity index (χ1v) is 7.45. The summed E-state index contributed by atoms with van der Waals surface area (Å²) in [6.45, 7) is 8.88. The van der Waals surface area contributed by atoms with Gasteiger partial charge in [0.15, 0.2) is 0 Å². The van der Waals surface area contributed by atoms with Gasteiger partial charge in [-0.3, -0.25) is 4.79 Å². The Kier molecular flexibility index (Phi) is 4.79. The van der Waals surface area contributed by atoms with Crippen LogP contribution in [0.4, 0.5) is 5.69 Å². The Morgan fingerprint density at radius 1 is 1.00 bits per heavy atom. The highest BCUT2D eigenvalue weighted by molar-refractivity contribution is 5.95. The summed E-state index contributed by atoms with van der Waals surface area (Å²) in [6, 6.07) is 14.3. The molecule has 1 amide bonds. The molecule has 2 heteroatoms. The van der Waals surface area contributed by atoms with Gasteiger partial charge >= 0.3 is 0 Å². The average molecular weight is 281 g/mol. The van der Waals surface area contributed by atoms with Crippen LogP contribution in [0.2, 0.25) is 0 Å². The monoisotopic (exact) mass is 281 g/mol. The number of carbonyl (C=O) groups excluding carboxylic acids is 1. The quantitative estimate of drug-likeness (QED) is 0.822. The summed E-state index contributed by atoms with van der Waals surface area (Å²) < 4.78 is 0. The van der Waals surface area contributed by atoms with Crippen LogP contribution >= 0.6 is 0 Å². The first kappa shape index (κ1) is 15.3. The molecule has 110 valence electrons. The summed E-state index contributed by atoms with van der Waals surface area (Å²) in [5.41, 5.74) is 5.61. The molecule has 0 bridgehead atoms. The largest absolute Gasteiger partial charge is 0.312 e. The van der Waals surface area contributed by atoms with E-state index in [-0.39, 0.29) is 5.91 Å². The van der Waals surface area contributed by atoms with Crippen molar-refractivity contribution in [1.82, 2.24) is 0 Å². The lowest BCUT2D eigenvalue weighted by Crippen LogP contribution is -2.32. The van der Waals surface area contributed by atoms with Crippen molar-refractivity contribution in [2.24, 2.45) is 0 Å². The third-order valence-electron chi connectivity index (χ3n) is 3.88. The van der Waals surface area contributed by atoms with Gasteiger partial charge in [0.25, 0.3) is 0 Å². The normalized spacial score (nSPS) is 10.5. The molecule has 0 aliphatic carbocycles. The van der Waals surface area contributed by atoms with Crippen molar-refractivity contribution in [3.05, 3.63) is 64.7 Å². The van der Waals surface area contributed by atoms with Crippen molar-refractivity contribution in [1.29, 1.82) is 0 Å². The second kappa shape index (κ2) is 6.57. The van der Waals surface area contributed by atoms with E-state index in [2.05, 4.69) is 45.0 Å². The Morgan fingerprint density at radius 2 is 1.71 bits per heavy atom. The second-order valence-electron chi connectivity index (χ2n) is 5.53. The topological polar surface area (TPSA) is 20.3 Å². The molecule has 21 heavy (non-hydrogen) atoms. The van der Waals surface area contributed by atoms with E-state index in [4.69, 9.17) is 0 Å². The Bertz CT molecular complexity index is 646. The molecule has 0 saturated carbocycles. The zero-order chi connectivity index (χ0) is 15.4. The van der Waals surface area contributed by atoms with Gasteiger partial charge in [-0.15, -0.1) is 0 Å². The summed E-state index contributed by atoms with van der Waals surface area (Å²) in [6.07, 6.45) is 0.452. The molecule has 0 spiro atoms. The Morgan fingerprint density at radius 3 is 2.38 bits per heavy atom.